The summed E-state index contributed by atoms with van der Waals surface area (Å²) in [5.41, 5.74) is 0.545. The first kappa shape index (κ1) is 20.8. The summed E-state index contributed by atoms with van der Waals surface area (Å²) in [5, 5.41) is 8.85. The van der Waals surface area contributed by atoms with Gasteiger partial charge in [-0.05, 0) is 38.1 Å². The van der Waals surface area contributed by atoms with Crippen LogP contribution in [0.15, 0.2) is 34.9 Å². The standard InChI is InChI=1S/C17H18ClN3O5S/c1-10-7-14(21-26-10)20-17(24)11(2)27-9-16(23)25-8-15(22)19-13-5-3-12(18)4-6-13/h3-7,11H,8-9H2,1-2H3,(H,19,22)(H,20,21,24)/t11-/m0/s1. The van der Waals surface area contributed by atoms with Gasteiger partial charge < -0.3 is 19.9 Å². The van der Waals surface area contributed by atoms with E-state index in [-0.39, 0.29) is 11.7 Å². The normalized spacial score (nSPS) is 11.5. The zero-order valence-corrected chi connectivity index (χ0v) is 16.2. The Hall–Kier alpha value is -2.52. The van der Waals surface area contributed by atoms with Crippen LogP contribution in [-0.2, 0) is 19.1 Å². The highest BCUT2D eigenvalue weighted by Crippen LogP contribution is 2.15. The molecule has 0 aliphatic heterocycles. The van der Waals surface area contributed by atoms with Crippen molar-refractivity contribution >= 4 is 52.7 Å². The van der Waals surface area contributed by atoms with E-state index in [1.165, 1.54) is 0 Å². The Morgan fingerprint density at radius 1 is 1.26 bits per heavy atom. The van der Waals surface area contributed by atoms with Crippen LogP contribution in [0.5, 0.6) is 0 Å². The van der Waals surface area contributed by atoms with Crippen LogP contribution in [0.25, 0.3) is 0 Å². The first-order chi connectivity index (χ1) is 12.8. The summed E-state index contributed by atoms with van der Waals surface area (Å²) < 4.78 is 9.75. The van der Waals surface area contributed by atoms with Gasteiger partial charge >= 0.3 is 5.97 Å². The number of halogens is 1. The molecule has 1 aromatic carbocycles. The van der Waals surface area contributed by atoms with Crippen LogP contribution in [0.1, 0.15) is 12.7 Å². The monoisotopic (exact) mass is 411 g/mol. The third-order valence-corrected chi connectivity index (χ3v) is 4.56. The highest BCUT2D eigenvalue weighted by Gasteiger charge is 2.17. The molecular formula is C17H18ClN3O5S. The maximum absolute atomic E-state index is 12.0. The highest BCUT2D eigenvalue weighted by atomic mass is 35.5. The van der Waals surface area contributed by atoms with Gasteiger partial charge in [0.15, 0.2) is 12.4 Å². The van der Waals surface area contributed by atoms with Crippen molar-refractivity contribution in [3.8, 4) is 0 Å². The van der Waals surface area contributed by atoms with Gasteiger partial charge in [0.2, 0.25) is 5.91 Å². The largest absolute Gasteiger partial charge is 0.455 e. The zero-order valence-electron chi connectivity index (χ0n) is 14.7. The predicted molar refractivity (Wildman–Crippen MR) is 103 cm³/mol. The number of ether oxygens (including phenoxy) is 1. The fraction of sp³-hybridized carbons (Fsp3) is 0.294. The number of esters is 1. The number of carbonyl (C=O) groups is 3. The van der Waals surface area contributed by atoms with Crippen molar-refractivity contribution in [2.24, 2.45) is 0 Å². The van der Waals surface area contributed by atoms with E-state index < -0.39 is 23.7 Å². The number of hydrogen-bond acceptors (Lipinski definition) is 7. The number of aromatic nitrogens is 1. The smallest absolute Gasteiger partial charge is 0.316 e. The van der Waals surface area contributed by atoms with Crippen molar-refractivity contribution in [3.63, 3.8) is 0 Å². The SMILES string of the molecule is Cc1cc(NC(=O)[C@H](C)SCC(=O)OCC(=O)Nc2ccc(Cl)cc2)no1. The lowest BCUT2D eigenvalue weighted by atomic mass is 10.3. The summed E-state index contributed by atoms with van der Waals surface area (Å²) in [5.74, 6) is -0.564. The van der Waals surface area contributed by atoms with Crippen LogP contribution in [0, 0.1) is 6.92 Å². The second kappa shape index (κ2) is 9.98. The molecule has 1 aromatic heterocycles. The average Bonchev–Trinajstić information content (AvgIpc) is 3.04. The molecule has 8 nitrogen and oxygen atoms in total. The molecule has 1 heterocycles. The molecule has 2 N–H and O–H groups in total. The van der Waals surface area contributed by atoms with E-state index in [1.807, 2.05) is 0 Å². The minimum absolute atomic E-state index is 0.0688. The van der Waals surface area contributed by atoms with Crippen LogP contribution in [0.4, 0.5) is 11.5 Å². The molecule has 0 aliphatic carbocycles. The second-order valence-corrected chi connectivity index (χ2v) is 7.25. The fourth-order valence-electron chi connectivity index (χ4n) is 1.84. The number of rotatable bonds is 8. The quantitative estimate of drug-likeness (QED) is 0.642. The van der Waals surface area contributed by atoms with Crippen LogP contribution in [0.2, 0.25) is 5.02 Å². The lowest BCUT2D eigenvalue weighted by Gasteiger charge is -2.10. The molecule has 0 bridgehead atoms. The van der Waals surface area contributed by atoms with Gasteiger partial charge in [-0.1, -0.05) is 16.8 Å². The Kier molecular flexibility index (Phi) is 7.68. The maximum atomic E-state index is 12.0. The summed E-state index contributed by atoms with van der Waals surface area (Å²) in [7, 11) is 0. The Morgan fingerprint density at radius 3 is 2.59 bits per heavy atom. The van der Waals surface area contributed by atoms with E-state index in [0.717, 1.165) is 11.8 Å². The topological polar surface area (TPSA) is 111 Å². The third kappa shape index (κ3) is 7.32. The summed E-state index contributed by atoms with van der Waals surface area (Å²) in [4.78, 5) is 35.5. The molecule has 0 radical (unpaired) electrons. The average molecular weight is 412 g/mol. The van der Waals surface area contributed by atoms with E-state index in [1.54, 1.807) is 44.2 Å². The number of amides is 2. The molecule has 0 spiro atoms. The first-order valence-corrected chi connectivity index (χ1v) is 9.33. The molecule has 1 atom stereocenters. The van der Waals surface area contributed by atoms with Crippen molar-refractivity contribution in [2.45, 2.75) is 19.1 Å². The van der Waals surface area contributed by atoms with E-state index in [4.69, 9.17) is 20.9 Å². The minimum Gasteiger partial charge on any atom is -0.455 e. The zero-order chi connectivity index (χ0) is 19.8. The van der Waals surface area contributed by atoms with Gasteiger partial charge in [0, 0.05) is 16.8 Å². The van der Waals surface area contributed by atoms with E-state index in [9.17, 15) is 14.4 Å². The highest BCUT2D eigenvalue weighted by molar-refractivity contribution is 8.01. The number of thioether (sulfide) groups is 1. The number of nitrogens with zero attached hydrogens (tertiary/aromatic N) is 1. The van der Waals surface area contributed by atoms with Gasteiger partial charge in [-0.3, -0.25) is 14.4 Å². The molecular weight excluding hydrogens is 394 g/mol. The molecule has 10 heteroatoms. The molecule has 0 aliphatic rings. The molecule has 0 unspecified atom stereocenters. The molecule has 144 valence electrons. The van der Waals surface area contributed by atoms with Crippen LogP contribution in [-0.4, -0.2) is 40.6 Å². The van der Waals surface area contributed by atoms with Crippen molar-refractivity contribution in [3.05, 3.63) is 41.1 Å². The Balaban J connectivity index is 1.66. The lowest BCUT2D eigenvalue weighted by molar-refractivity contribution is -0.144. The van der Waals surface area contributed by atoms with Gasteiger partial charge in [-0.2, -0.15) is 0 Å². The number of carbonyl (C=O) groups excluding carboxylic acids is 3. The molecule has 2 amide bonds. The number of aryl methyl sites for hydroxylation is 1. The van der Waals surface area contributed by atoms with Crippen LogP contribution in [0.3, 0.4) is 0 Å². The van der Waals surface area contributed by atoms with Crippen molar-refractivity contribution in [1.29, 1.82) is 0 Å². The van der Waals surface area contributed by atoms with Crippen molar-refractivity contribution in [2.75, 3.05) is 23.0 Å². The van der Waals surface area contributed by atoms with E-state index in [0.29, 0.717) is 22.3 Å². The molecule has 2 aromatic rings. The summed E-state index contributed by atoms with van der Waals surface area (Å²) in [6.07, 6.45) is 0. The maximum Gasteiger partial charge on any atom is 0.316 e. The van der Waals surface area contributed by atoms with E-state index in [2.05, 4.69) is 15.8 Å². The van der Waals surface area contributed by atoms with Gasteiger partial charge in [0.25, 0.3) is 5.91 Å². The van der Waals surface area contributed by atoms with E-state index >= 15 is 0 Å². The van der Waals surface area contributed by atoms with Crippen molar-refractivity contribution < 1.29 is 23.6 Å². The number of anilines is 2. The fourth-order valence-corrected chi connectivity index (χ4v) is 2.65. The third-order valence-electron chi connectivity index (χ3n) is 3.19. The summed E-state index contributed by atoms with van der Waals surface area (Å²) >= 11 is 6.84. The second-order valence-electron chi connectivity index (χ2n) is 5.48. The molecule has 0 saturated heterocycles. The molecule has 0 fully saturated rings. The lowest BCUT2D eigenvalue weighted by Crippen LogP contribution is -2.25. The Morgan fingerprint density at radius 2 is 1.96 bits per heavy atom. The van der Waals surface area contributed by atoms with Gasteiger partial charge in [-0.25, -0.2) is 0 Å². The van der Waals surface area contributed by atoms with Gasteiger partial charge in [0.1, 0.15) is 5.76 Å². The number of benzene rings is 1. The number of hydrogen-bond donors (Lipinski definition) is 2. The first-order valence-electron chi connectivity index (χ1n) is 7.90. The van der Waals surface area contributed by atoms with Gasteiger partial charge in [-0.15, -0.1) is 11.8 Å². The van der Waals surface area contributed by atoms with Crippen molar-refractivity contribution in [1.82, 2.24) is 5.16 Å². The minimum atomic E-state index is -0.594. The van der Waals surface area contributed by atoms with Crippen LogP contribution >= 0.6 is 23.4 Å². The predicted octanol–water partition coefficient (Wildman–Crippen LogP) is 2.88. The number of nitrogens with one attached hydrogen (secondary N) is 2. The van der Waals surface area contributed by atoms with Crippen LogP contribution < -0.4 is 10.6 Å². The Bertz CT molecular complexity index is 809. The summed E-state index contributed by atoms with van der Waals surface area (Å²) in [6.45, 7) is 2.94. The molecule has 0 saturated carbocycles. The Labute approximate surface area is 164 Å². The summed E-state index contributed by atoms with van der Waals surface area (Å²) in [6, 6.07) is 8.12. The molecule has 2 rings (SSSR count). The van der Waals surface area contributed by atoms with Gasteiger partial charge in [0.05, 0.1) is 11.0 Å². The molecule has 27 heavy (non-hydrogen) atoms.